The highest BCUT2D eigenvalue weighted by atomic mass is 32.2. The molecule has 3 rings (SSSR count). The Balaban J connectivity index is 2.05. The highest BCUT2D eigenvalue weighted by Crippen LogP contribution is 2.07. The molecule has 0 spiro atoms. The van der Waals surface area contributed by atoms with Gasteiger partial charge in [0.1, 0.15) is 10.7 Å². The molecule has 2 N–H and O–H groups in total. The smallest absolute Gasteiger partial charge is 0.223 e. The third kappa shape index (κ3) is 4.27. The molecule has 0 aliphatic carbocycles. The molecule has 0 saturated heterocycles. The Bertz CT molecular complexity index is 974. The van der Waals surface area contributed by atoms with Crippen LogP contribution in [0.1, 0.15) is 5.56 Å². The molecule has 1 aromatic heterocycles. The maximum atomic E-state index is 13.2. The quantitative estimate of drug-likeness (QED) is 0.550. The van der Waals surface area contributed by atoms with E-state index < -0.39 is 15.8 Å². The fourth-order valence-electron chi connectivity index (χ4n) is 2.13. The number of anilines is 1. The predicted octanol–water partition coefficient (Wildman–Crippen LogP) is 1.55. The highest BCUT2D eigenvalue weighted by molar-refractivity contribution is 7.84. The van der Waals surface area contributed by atoms with Crippen molar-refractivity contribution in [3.8, 4) is 0 Å². The molecule has 0 saturated carbocycles. The Kier molecular flexibility index (Phi) is 4.85. The van der Waals surface area contributed by atoms with Crippen molar-refractivity contribution in [2.45, 2.75) is 4.90 Å². The van der Waals surface area contributed by atoms with Crippen LogP contribution in [0, 0.1) is 5.82 Å². The van der Waals surface area contributed by atoms with Crippen LogP contribution in [0.4, 0.5) is 10.2 Å². The molecule has 0 radical (unpaired) electrons. The zero-order valence-electron chi connectivity index (χ0n) is 13.1. The first-order valence-corrected chi connectivity index (χ1v) is 8.92. The van der Waals surface area contributed by atoms with Gasteiger partial charge in [0.05, 0.1) is 5.56 Å². The summed E-state index contributed by atoms with van der Waals surface area (Å²) in [5, 5.41) is 2.93. The van der Waals surface area contributed by atoms with Gasteiger partial charge in [-0.1, -0.05) is 24.3 Å². The van der Waals surface area contributed by atoms with Crippen molar-refractivity contribution in [2.75, 3.05) is 5.32 Å². The van der Waals surface area contributed by atoms with Crippen LogP contribution >= 0.6 is 0 Å². The van der Waals surface area contributed by atoms with Gasteiger partial charge in [0, 0.05) is 12.3 Å². The number of nitrogens with zero attached hydrogens (tertiary/aromatic N) is 1. The van der Waals surface area contributed by atoms with Crippen LogP contribution in [0.2, 0.25) is 0 Å². The summed E-state index contributed by atoms with van der Waals surface area (Å²) < 4.78 is 40.9. The molecule has 0 fully saturated rings. The topological polar surface area (TPSA) is 73.0 Å². The minimum atomic E-state index is -3.81. The van der Waals surface area contributed by atoms with Gasteiger partial charge in [0.15, 0.2) is 0 Å². The molecule has 25 heavy (non-hydrogen) atoms. The number of halogens is 1. The fraction of sp³-hybridized carbons (Fsp3) is 0. The average molecular weight is 356 g/mol. The summed E-state index contributed by atoms with van der Waals surface area (Å²) in [4.78, 5) is 4.25. The molecule has 0 aliphatic heterocycles. The van der Waals surface area contributed by atoms with Crippen LogP contribution in [0.3, 0.4) is 0 Å². The van der Waals surface area contributed by atoms with E-state index in [9.17, 15) is 12.8 Å². The highest BCUT2D eigenvalue weighted by Gasteiger charge is 2.20. The first-order chi connectivity index (χ1) is 12.0. The Labute approximate surface area is 145 Å². The lowest BCUT2D eigenvalue weighted by Gasteiger charge is -2.04. The first-order valence-electron chi connectivity index (χ1n) is 7.43. The number of aromatic nitrogens is 1. The molecule has 0 aliphatic rings. The molecular weight excluding hydrogens is 341 g/mol. The van der Waals surface area contributed by atoms with Crippen LogP contribution in [-0.4, -0.2) is 19.2 Å². The Morgan fingerprint density at radius 1 is 0.920 bits per heavy atom. The lowest BCUT2D eigenvalue weighted by atomic mass is 10.2. The summed E-state index contributed by atoms with van der Waals surface area (Å²) in [7, 11) is -3.81. The average Bonchev–Trinajstić information content (AvgIpc) is 2.63. The third-order valence-corrected chi connectivity index (χ3v) is 4.71. The van der Waals surface area contributed by atoms with Gasteiger partial charge in [0.2, 0.25) is 5.82 Å². The van der Waals surface area contributed by atoms with E-state index in [1.165, 1.54) is 36.4 Å². The van der Waals surface area contributed by atoms with Crippen LogP contribution in [0.5, 0.6) is 0 Å². The van der Waals surface area contributed by atoms with Gasteiger partial charge in [-0.2, -0.15) is 12.8 Å². The number of pyridine rings is 1. The monoisotopic (exact) mass is 356 g/mol. The molecule has 1 heterocycles. The minimum Gasteiger partial charge on any atom is -0.223 e. The van der Waals surface area contributed by atoms with E-state index >= 15 is 0 Å². The fourth-order valence-corrected chi connectivity index (χ4v) is 3.20. The number of hydrogen-bond donors (Lipinski definition) is 2. The van der Waals surface area contributed by atoms with Crippen molar-refractivity contribution < 1.29 is 17.2 Å². The SMILES string of the molecule is O=S(=O)([NH+]=C(Nc1ccccn1)c1ccc(F)cc1)c1ccccc1. The van der Waals surface area contributed by atoms with Gasteiger partial charge in [-0.15, -0.1) is 0 Å². The van der Waals surface area contributed by atoms with Crippen molar-refractivity contribution in [2.24, 2.45) is 0 Å². The lowest BCUT2D eigenvalue weighted by Crippen LogP contribution is -2.78. The van der Waals surface area contributed by atoms with E-state index in [0.717, 1.165) is 0 Å². The Morgan fingerprint density at radius 3 is 2.24 bits per heavy atom. The zero-order chi connectivity index (χ0) is 17.7. The summed E-state index contributed by atoms with van der Waals surface area (Å²) in [6.07, 6.45) is 1.58. The molecule has 0 unspecified atom stereocenters. The van der Waals surface area contributed by atoms with Gasteiger partial charge < -0.3 is 0 Å². The molecule has 0 bridgehead atoms. The van der Waals surface area contributed by atoms with Crippen molar-refractivity contribution in [3.05, 3.63) is 90.4 Å². The molecule has 0 amide bonds. The largest absolute Gasteiger partial charge is 0.328 e. The van der Waals surface area contributed by atoms with Gasteiger partial charge >= 0.3 is 10.0 Å². The van der Waals surface area contributed by atoms with Crippen LogP contribution < -0.4 is 9.71 Å². The Hall–Kier alpha value is -3.06. The van der Waals surface area contributed by atoms with E-state index in [-0.39, 0.29) is 10.7 Å². The molecular formula is C18H15FN3O2S+. The van der Waals surface area contributed by atoms with Crippen LogP contribution in [0.15, 0.2) is 83.9 Å². The molecule has 0 atom stereocenters. The van der Waals surface area contributed by atoms with Crippen molar-refractivity contribution >= 4 is 21.7 Å². The van der Waals surface area contributed by atoms with Crippen molar-refractivity contribution in [1.29, 1.82) is 0 Å². The van der Waals surface area contributed by atoms with Gasteiger partial charge in [-0.3, -0.25) is 0 Å². The van der Waals surface area contributed by atoms with Crippen molar-refractivity contribution in [1.82, 2.24) is 4.98 Å². The normalized spacial score (nSPS) is 12.0. The minimum absolute atomic E-state index is 0.123. The summed E-state index contributed by atoms with van der Waals surface area (Å²) in [6.45, 7) is 0. The number of sulfonamides is 1. The molecule has 126 valence electrons. The Morgan fingerprint density at radius 2 is 1.60 bits per heavy atom. The number of amidine groups is 1. The standard InChI is InChI=1S/C18H14FN3O2S/c19-15-11-9-14(10-12-15)18(21-17-8-4-5-13-20-17)22-25(23,24)16-6-2-1-3-7-16/h1-13H,(H,20,21,22)/p+1. The van der Waals surface area contributed by atoms with Gasteiger partial charge in [0.25, 0.3) is 5.84 Å². The summed E-state index contributed by atoms with van der Waals surface area (Å²) >= 11 is 0. The van der Waals surface area contributed by atoms with E-state index in [2.05, 4.69) is 14.7 Å². The van der Waals surface area contributed by atoms with Gasteiger partial charge in [-0.05, 0) is 42.5 Å². The molecule has 2 aromatic carbocycles. The van der Waals surface area contributed by atoms with Crippen molar-refractivity contribution in [3.63, 3.8) is 0 Å². The van der Waals surface area contributed by atoms with E-state index in [0.29, 0.717) is 11.4 Å². The summed E-state index contributed by atoms with van der Waals surface area (Å²) in [6, 6.07) is 18.7. The number of benzene rings is 2. The number of hydrogen-bond acceptors (Lipinski definition) is 3. The van der Waals surface area contributed by atoms with Crippen LogP contribution in [0.25, 0.3) is 0 Å². The predicted molar refractivity (Wildman–Crippen MR) is 93.0 cm³/mol. The second-order valence-electron chi connectivity index (χ2n) is 5.14. The second kappa shape index (κ2) is 7.23. The van der Waals surface area contributed by atoms with E-state index in [1.54, 1.807) is 42.6 Å². The first kappa shape index (κ1) is 16.8. The lowest BCUT2D eigenvalue weighted by molar-refractivity contribution is -0.266. The maximum Gasteiger partial charge on any atom is 0.328 e. The maximum absolute atomic E-state index is 13.2. The second-order valence-corrected chi connectivity index (χ2v) is 6.82. The molecule has 7 heteroatoms. The van der Waals surface area contributed by atoms with E-state index in [1.807, 2.05) is 0 Å². The van der Waals surface area contributed by atoms with Gasteiger partial charge in [-0.25, -0.2) is 14.7 Å². The van der Waals surface area contributed by atoms with E-state index in [4.69, 9.17) is 0 Å². The third-order valence-electron chi connectivity index (χ3n) is 3.34. The molecule has 3 aromatic rings. The molecule has 5 nitrogen and oxygen atoms in total. The summed E-state index contributed by atoms with van der Waals surface area (Å²) in [5.41, 5.74) is 0.478. The summed E-state index contributed by atoms with van der Waals surface area (Å²) in [5.74, 6) is 0.229. The van der Waals surface area contributed by atoms with Crippen LogP contribution in [-0.2, 0) is 10.0 Å². The zero-order valence-corrected chi connectivity index (χ0v) is 13.9. The number of rotatable bonds is 4. The number of nitrogens with one attached hydrogen (secondary N) is 2.